The first-order valence-corrected chi connectivity index (χ1v) is 38.7. The number of urea groups is 1. The van der Waals surface area contributed by atoms with Crippen LogP contribution >= 0.6 is 12.4 Å². The van der Waals surface area contributed by atoms with E-state index in [2.05, 4.69) is 99.9 Å². The summed E-state index contributed by atoms with van der Waals surface area (Å²) < 4.78 is 5.38. The van der Waals surface area contributed by atoms with Crippen LogP contribution in [0.5, 0.6) is 5.75 Å². The van der Waals surface area contributed by atoms with Crippen molar-refractivity contribution < 1.29 is 82.1 Å². The van der Waals surface area contributed by atoms with Crippen molar-refractivity contribution in [3.63, 3.8) is 0 Å². The lowest BCUT2D eigenvalue weighted by Gasteiger charge is -2.38. The van der Waals surface area contributed by atoms with Crippen LogP contribution in [0.15, 0.2) is 24.3 Å². The lowest BCUT2D eigenvalue weighted by atomic mass is 9.80. The molecular weight excluding hydrogens is 1440 g/mol. The van der Waals surface area contributed by atoms with E-state index in [4.69, 9.17) is 15.7 Å². The number of amides is 12. The average molecular weight is 1560 g/mol. The molecule has 6 aliphatic carbocycles. The predicted molar refractivity (Wildman–Crippen MR) is 409 cm³/mol. The third-order valence-electron chi connectivity index (χ3n) is 25.3. The number of benzene rings is 1. The van der Waals surface area contributed by atoms with Crippen LogP contribution in [0.25, 0.3) is 0 Å². The standard InChI is InChI=1S/C30H43N5O8.C25H41N5O5.C23H38N4O4.ClH/c1-29(2,3)24(33-28(40)42-18-12-10-17(11-13-18)34-43-41)27(39)35-15-19-21(30(19,4)5)22(35)25(37)32-20(14-16-8-7-9-16)23(36)26(38)31-6;1-24(2,3)19(29-23(35)27-7)22(34)30-12-14-16(25(14,4)5)17(30)20(32)28-15(11-13-9-8-10-13)18(31)21(33)26-6;1-22(2,3)18(24)21(31)27-11-13-15(23(13,4)5)16(27)19(29)26-14(10-12-8-7-9-12)17(28)20(30)25-6;/h10-13,16,19-22,24,34,41H,7-9,14-15H2,1-6H3,(H,31,38)(H,32,37)(H,33,40);13-17,19H,8-12H2,1-7H3,(H,26,33)(H,28,32)(H2,27,29,35);12-16,18H,7-11,24H2,1-6H3,(H,25,30)(H,26,29);1H/t19-,20?,21-,22-,24+;14-,15?,16-,17-,19+;13-,14?,15-,16-,18+;/m000./s1. The molecule has 1 aromatic carbocycles. The summed E-state index contributed by atoms with van der Waals surface area (Å²) in [6, 6.07) is -2.13. The fourth-order valence-electron chi connectivity index (χ4n) is 17.2. The topological polar surface area (TPSA) is 434 Å². The molecule has 0 bridgehead atoms. The fourth-order valence-corrected chi connectivity index (χ4v) is 17.2. The number of rotatable bonds is 26. The Labute approximate surface area is 652 Å². The van der Waals surface area contributed by atoms with Crippen LogP contribution in [0, 0.1) is 85.8 Å². The number of anilines is 1. The highest BCUT2D eigenvalue weighted by molar-refractivity contribution is 6.39. The summed E-state index contributed by atoms with van der Waals surface area (Å²) in [5.74, 6) is -5.02. The van der Waals surface area contributed by atoms with Gasteiger partial charge in [0.1, 0.15) is 36.0 Å². The molecule has 6 saturated carbocycles. The van der Waals surface area contributed by atoms with E-state index in [1.54, 1.807) is 30.6 Å². The Morgan fingerprint density at radius 1 is 0.464 bits per heavy atom. The number of nitrogens with one attached hydrogen (secondary N) is 10. The summed E-state index contributed by atoms with van der Waals surface area (Å²) in [6.07, 6.45) is 9.44. The van der Waals surface area contributed by atoms with Crippen molar-refractivity contribution in [3.8, 4) is 5.75 Å². The molecule has 13 N–H and O–H groups in total. The number of likely N-dealkylation sites (N-methyl/N-ethyl adjacent to an activating group) is 3. The number of hydrogen-bond donors (Lipinski definition) is 12. The van der Waals surface area contributed by atoms with Gasteiger partial charge in [-0.05, 0) is 129 Å². The summed E-state index contributed by atoms with van der Waals surface area (Å²) in [5, 5.41) is 32.0. The number of carbonyl (C=O) groups is 14. The Morgan fingerprint density at radius 3 is 1.04 bits per heavy atom. The van der Waals surface area contributed by atoms with Crippen molar-refractivity contribution in [1.29, 1.82) is 0 Å². The second-order valence-electron chi connectivity index (χ2n) is 36.7. The van der Waals surface area contributed by atoms with Crippen LogP contribution in [0.3, 0.4) is 0 Å². The summed E-state index contributed by atoms with van der Waals surface area (Å²) in [6.45, 7) is 30.4. The molecule has 9 aliphatic rings. The van der Waals surface area contributed by atoms with Crippen LogP contribution in [0.1, 0.15) is 181 Å². The minimum Gasteiger partial charge on any atom is -0.410 e. The summed E-state index contributed by atoms with van der Waals surface area (Å²) in [7, 11) is 5.66. The molecule has 3 saturated heterocycles. The van der Waals surface area contributed by atoms with E-state index in [0.717, 1.165) is 57.8 Å². The molecule has 3 unspecified atom stereocenters. The number of nitrogens with two attached hydrogens (primary N) is 1. The van der Waals surface area contributed by atoms with E-state index in [9.17, 15) is 67.1 Å². The molecule has 110 heavy (non-hydrogen) atoms. The van der Waals surface area contributed by atoms with Crippen molar-refractivity contribution in [2.45, 2.75) is 235 Å². The molecule has 0 aromatic heterocycles. The predicted octanol–water partition coefficient (Wildman–Crippen LogP) is 4.54. The molecule has 0 radical (unpaired) electrons. The van der Waals surface area contributed by atoms with E-state index in [-0.39, 0.29) is 93.5 Å². The maximum atomic E-state index is 14.1. The highest BCUT2D eigenvalue weighted by atomic mass is 35.5. The van der Waals surface area contributed by atoms with Crippen molar-refractivity contribution in [3.05, 3.63) is 24.3 Å². The quantitative estimate of drug-likeness (QED) is 0.0344. The van der Waals surface area contributed by atoms with Gasteiger partial charge in [0.05, 0.1) is 29.9 Å². The zero-order chi connectivity index (χ0) is 81.3. The Hall–Kier alpha value is -8.03. The van der Waals surface area contributed by atoms with Crippen LogP contribution in [0.4, 0.5) is 15.3 Å². The van der Waals surface area contributed by atoms with Crippen molar-refractivity contribution in [2.75, 3.05) is 53.3 Å². The van der Waals surface area contributed by atoms with E-state index >= 15 is 0 Å². The molecule has 12 amide bonds. The average Bonchev–Trinajstić information content (AvgIpc) is 1.54. The highest BCUT2D eigenvalue weighted by Crippen LogP contribution is 2.67. The van der Waals surface area contributed by atoms with Crippen molar-refractivity contribution >= 4 is 101 Å². The molecule has 3 aliphatic heterocycles. The number of hydrogen-bond acceptors (Lipinski definition) is 19. The van der Waals surface area contributed by atoms with E-state index in [1.165, 1.54) is 57.4 Å². The van der Waals surface area contributed by atoms with Gasteiger partial charge in [-0.1, -0.05) is 162 Å². The number of carbonyl (C=O) groups excluding carboxylic acids is 14. The number of ether oxygens (including phenoxy) is 1. The zero-order valence-corrected chi connectivity index (χ0v) is 68.4. The normalized spacial score (nSPS) is 25.8. The molecule has 31 nitrogen and oxygen atoms in total. The Bertz CT molecular complexity index is 3630. The van der Waals surface area contributed by atoms with E-state index in [0.29, 0.717) is 56.4 Å². The lowest BCUT2D eigenvalue weighted by molar-refractivity contribution is -0.215. The molecule has 9 fully saturated rings. The number of fused-ring (bicyclic) bond motifs is 3. The molecule has 1 aromatic rings. The fraction of sp³-hybridized carbons (Fsp3) is 0.744. The zero-order valence-electron chi connectivity index (χ0n) is 67.6. The Kier molecular flexibility index (Phi) is 28.3. The molecule has 32 heteroatoms. The maximum Gasteiger partial charge on any atom is 0.413 e. The van der Waals surface area contributed by atoms with Gasteiger partial charge >= 0.3 is 12.1 Å². The van der Waals surface area contributed by atoms with Crippen LogP contribution < -0.4 is 63.8 Å². The van der Waals surface area contributed by atoms with Crippen molar-refractivity contribution in [2.24, 2.45) is 91.5 Å². The first kappa shape index (κ1) is 89.2. The van der Waals surface area contributed by atoms with Gasteiger partial charge in [-0.2, -0.15) is 0 Å². The molecule has 3 heterocycles. The molecule has 0 spiro atoms. The van der Waals surface area contributed by atoms with Gasteiger partial charge in [0.15, 0.2) is 0 Å². The molecular formula is C78H123ClN14O17. The minimum absolute atomic E-state index is 0. The Balaban J connectivity index is 0.000000232. The number of nitrogens with zero attached hydrogens (tertiary/aromatic N) is 3. The third kappa shape index (κ3) is 19.7. The largest absolute Gasteiger partial charge is 0.413 e. The number of halogens is 1. The van der Waals surface area contributed by atoms with Gasteiger partial charge in [0, 0.05) is 47.8 Å². The minimum atomic E-state index is -1.03. The second kappa shape index (κ2) is 34.9. The van der Waals surface area contributed by atoms with Crippen molar-refractivity contribution in [1.82, 2.24) is 62.6 Å². The van der Waals surface area contributed by atoms with Gasteiger partial charge in [-0.3, -0.25) is 57.5 Å². The third-order valence-corrected chi connectivity index (χ3v) is 25.3. The molecule has 15 atom stereocenters. The van der Waals surface area contributed by atoms with E-state index in [1.807, 2.05) is 41.5 Å². The smallest absolute Gasteiger partial charge is 0.410 e. The van der Waals surface area contributed by atoms with Gasteiger partial charge in [0.2, 0.25) is 52.8 Å². The molecule has 614 valence electrons. The SMILES string of the molecule is CNC(=O)C(=O)C(CC1CCC1)NC(=O)[C@@H]1[C@@H]2[C@H](CN1C(=O)[C@@H](N)C(C)(C)C)C2(C)C.CNC(=O)C(=O)C(CC1CCC1)NC(=O)[C@@H]1[C@@H]2[C@H](CN1C(=O)[C@@H](NC(=O)Oc1ccc(NOO)cc1)C(C)(C)C)C2(C)C.CNC(=O)N[C@H](C(=O)N1C[C@H]2[C@@H]([C@H]1C(=O)NC(CC1CCC1)C(=O)C(=O)NC)C2(C)C)C(C)(C)C.Cl. The summed E-state index contributed by atoms with van der Waals surface area (Å²) in [4.78, 5) is 190. The summed E-state index contributed by atoms with van der Waals surface area (Å²) >= 11 is 0. The number of likely N-dealkylation sites (tertiary alicyclic amines) is 3. The first-order valence-electron chi connectivity index (χ1n) is 38.7. The van der Waals surface area contributed by atoms with Crippen LogP contribution in [-0.4, -0.2) is 205 Å². The highest BCUT2D eigenvalue weighted by Gasteiger charge is 2.72. The van der Waals surface area contributed by atoms with Gasteiger partial charge in [0.25, 0.3) is 17.7 Å². The monoisotopic (exact) mass is 1560 g/mol. The number of piperidine rings is 3. The Morgan fingerprint density at radius 2 is 0.773 bits per heavy atom. The first-order chi connectivity index (χ1) is 50.7. The molecule has 10 rings (SSSR count). The van der Waals surface area contributed by atoms with E-state index < -0.39 is 136 Å². The van der Waals surface area contributed by atoms with Gasteiger partial charge in [-0.15, -0.1) is 17.4 Å². The number of ketones is 3. The van der Waals surface area contributed by atoms with Gasteiger partial charge in [-0.25, -0.2) is 20.3 Å². The van der Waals surface area contributed by atoms with Crippen LogP contribution in [-0.2, 0) is 62.5 Å². The van der Waals surface area contributed by atoms with Crippen LogP contribution in [0.2, 0.25) is 0 Å². The number of Topliss-reactive ketones (excluding diaryl/α,β-unsaturated/α-hetero) is 3. The van der Waals surface area contributed by atoms with Gasteiger partial charge < -0.3 is 73.0 Å². The second-order valence-corrected chi connectivity index (χ2v) is 36.7. The maximum absolute atomic E-state index is 14.1. The lowest BCUT2D eigenvalue weighted by Crippen LogP contribution is -2.61. The summed E-state index contributed by atoms with van der Waals surface area (Å²) in [5.41, 5.74) is 6.79.